The van der Waals surface area contributed by atoms with Crippen molar-refractivity contribution < 1.29 is 13.5 Å². The maximum atomic E-state index is 11.8. The van der Waals surface area contributed by atoms with Gasteiger partial charge in [-0.1, -0.05) is 6.07 Å². The molecule has 0 spiro atoms. The second-order valence-electron chi connectivity index (χ2n) is 3.21. The fourth-order valence-corrected chi connectivity index (χ4v) is 3.03. The minimum absolute atomic E-state index is 0.110. The summed E-state index contributed by atoms with van der Waals surface area (Å²) in [7, 11) is -0.480. The number of hydrogen-bond acceptors (Lipinski definition) is 3. The third-order valence-corrected chi connectivity index (χ3v) is 4.73. The fraction of sp³-hybridized carbons (Fsp3) is 0.333. The van der Waals surface area contributed by atoms with Crippen LogP contribution in [-0.2, 0) is 16.6 Å². The quantitative estimate of drug-likeness (QED) is 0.911. The molecule has 0 atom stereocenters. The maximum absolute atomic E-state index is 11.8. The first kappa shape index (κ1) is 12.6. The van der Waals surface area contributed by atoms with Gasteiger partial charge < -0.3 is 5.11 Å². The zero-order chi connectivity index (χ0) is 11.6. The summed E-state index contributed by atoms with van der Waals surface area (Å²) < 4.78 is 25.2. The topological polar surface area (TPSA) is 57.6 Å². The van der Waals surface area contributed by atoms with Gasteiger partial charge in [-0.25, -0.2) is 12.7 Å². The molecule has 0 unspecified atom stereocenters. The highest BCUT2D eigenvalue weighted by molar-refractivity contribution is 9.10. The van der Waals surface area contributed by atoms with Crippen LogP contribution in [-0.4, -0.2) is 31.9 Å². The first-order valence-corrected chi connectivity index (χ1v) is 6.44. The molecule has 1 aromatic rings. The first-order chi connectivity index (χ1) is 6.89. The van der Waals surface area contributed by atoms with Gasteiger partial charge in [0.25, 0.3) is 0 Å². The highest BCUT2D eigenvalue weighted by Crippen LogP contribution is 2.25. The highest BCUT2D eigenvalue weighted by Gasteiger charge is 2.20. The summed E-state index contributed by atoms with van der Waals surface area (Å²) in [5, 5.41) is 8.88. The van der Waals surface area contributed by atoms with E-state index in [1.165, 1.54) is 20.2 Å². The lowest BCUT2D eigenvalue weighted by atomic mass is 10.2. The van der Waals surface area contributed by atoms with Crippen molar-refractivity contribution in [1.29, 1.82) is 0 Å². The van der Waals surface area contributed by atoms with Crippen molar-refractivity contribution in [3.8, 4) is 0 Å². The Labute approximate surface area is 97.7 Å². The van der Waals surface area contributed by atoms with Crippen LogP contribution in [0, 0.1) is 0 Å². The van der Waals surface area contributed by atoms with Gasteiger partial charge in [0.15, 0.2) is 0 Å². The lowest BCUT2D eigenvalue weighted by Crippen LogP contribution is -2.22. The van der Waals surface area contributed by atoms with Crippen LogP contribution in [0.2, 0.25) is 0 Å². The van der Waals surface area contributed by atoms with Gasteiger partial charge in [-0.2, -0.15) is 0 Å². The van der Waals surface area contributed by atoms with Gasteiger partial charge in [0, 0.05) is 18.6 Å². The van der Waals surface area contributed by atoms with E-state index in [9.17, 15) is 8.42 Å². The molecule has 0 saturated carbocycles. The number of halogens is 1. The molecule has 6 heteroatoms. The molecule has 84 valence electrons. The van der Waals surface area contributed by atoms with Crippen LogP contribution in [0.4, 0.5) is 0 Å². The summed E-state index contributed by atoms with van der Waals surface area (Å²) in [6, 6.07) is 4.66. The van der Waals surface area contributed by atoms with Gasteiger partial charge in [-0.15, -0.1) is 0 Å². The number of aliphatic hydroxyl groups is 1. The minimum atomic E-state index is -3.43. The highest BCUT2D eigenvalue weighted by atomic mass is 79.9. The normalized spacial score (nSPS) is 12.1. The van der Waals surface area contributed by atoms with E-state index in [2.05, 4.69) is 15.9 Å². The molecule has 15 heavy (non-hydrogen) atoms. The van der Waals surface area contributed by atoms with Crippen molar-refractivity contribution in [1.82, 2.24) is 4.31 Å². The van der Waals surface area contributed by atoms with Gasteiger partial charge in [0.2, 0.25) is 10.0 Å². The number of benzene rings is 1. The van der Waals surface area contributed by atoms with E-state index in [0.29, 0.717) is 10.0 Å². The van der Waals surface area contributed by atoms with E-state index in [4.69, 9.17) is 5.11 Å². The molecule has 4 nitrogen and oxygen atoms in total. The molecule has 0 aliphatic carbocycles. The largest absolute Gasteiger partial charge is 0.392 e. The Morgan fingerprint density at radius 2 is 2.00 bits per heavy atom. The Morgan fingerprint density at radius 1 is 1.40 bits per heavy atom. The molecule has 0 heterocycles. The SMILES string of the molecule is CN(C)S(=O)(=O)c1ccc(CO)cc1Br. The van der Waals surface area contributed by atoms with Gasteiger partial charge >= 0.3 is 0 Å². The number of sulfonamides is 1. The molecule has 0 aliphatic heterocycles. The zero-order valence-electron chi connectivity index (χ0n) is 8.44. The average Bonchev–Trinajstić information content (AvgIpc) is 2.16. The van der Waals surface area contributed by atoms with E-state index < -0.39 is 10.0 Å². The molecule has 0 aliphatic rings. The Kier molecular flexibility index (Phi) is 3.88. The van der Waals surface area contributed by atoms with Gasteiger partial charge in [0.1, 0.15) is 0 Å². The number of nitrogens with zero attached hydrogens (tertiary/aromatic N) is 1. The van der Waals surface area contributed by atoms with E-state index in [1.54, 1.807) is 12.1 Å². The van der Waals surface area contributed by atoms with Crippen molar-refractivity contribution in [2.75, 3.05) is 14.1 Å². The van der Waals surface area contributed by atoms with Crippen molar-refractivity contribution >= 4 is 26.0 Å². The molecule has 0 fully saturated rings. The molecule has 0 bridgehead atoms. The zero-order valence-corrected chi connectivity index (χ0v) is 10.8. The van der Waals surface area contributed by atoms with Crippen molar-refractivity contribution in [3.63, 3.8) is 0 Å². The molecule has 0 amide bonds. The molecule has 0 aromatic heterocycles. The summed E-state index contributed by atoms with van der Waals surface area (Å²) in [6.07, 6.45) is 0. The lowest BCUT2D eigenvalue weighted by molar-refractivity contribution is 0.281. The van der Waals surface area contributed by atoms with Crippen molar-refractivity contribution in [3.05, 3.63) is 28.2 Å². The number of rotatable bonds is 3. The fourth-order valence-electron chi connectivity index (χ4n) is 1.05. The van der Waals surface area contributed by atoms with Gasteiger partial charge in [-0.3, -0.25) is 0 Å². The predicted molar refractivity (Wildman–Crippen MR) is 60.9 cm³/mol. The Bertz CT molecular complexity index is 456. The smallest absolute Gasteiger partial charge is 0.243 e. The summed E-state index contributed by atoms with van der Waals surface area (Å²) in [6.45, 7) is -0.110. The third-order valence-electron chi connectivity index (χ3n) is 1.94. The van der Waals surface area contributed by atoms with Crippen LogP contribution < -0.4 is 0 Å². The molecule has 1 aromatic carbocycles. The monoisotopic (exact) mass is 293 g/mol. The Morgan fingerprint density at radius 3 is 2.40 bits per heavy atom. The predicted octanol–water partition coefficient (Wildman–Crippen LogP) is 1.19. The molecular formula is C9H12BrNO3S. The summed E-state index contributed by atoms with van der Waals surface area (Å²) in [5.74, 6) is 0. The molecular weight excluding hydrogens is 282 g/mol. The van der Waals surface area contributed by atoms with E-state index in [1.807, 2.05) is 0 Å². The average molecular weight is 294 g/mol. The van der Waals surface area contributed by atoms with Crippen LogP contribution >= 0.6 is 15.9 Å². The van der Waals surface area contributed by atoms with Gasteiger partial charge in [-0.05, 0) is 33.6 Å². The van der Waals surface area contributed by atoms with Crippen LogP contribution in [0.1, 0.15) is 5.56 Å². The third kappa shape index (κ3) is 2.57. The van der Waals surface area contributed by atoms with E-state index >= 15 is 0 Å². The number of hydrogen-bond donors (Lipinski definition) is 1. The van der Waals surface area contributed by atoms with Gasteiger partial charge in [0.05, 0.1) is 11.5 Å². The summed E-state index contributed by atoms with van der Waals surface area (Å²) in [4.78, 5) is 0.199. The standard InChI is InChI=1S/C9H12BrNO3S/c1-11(2)15(13,14)9-4-3-7(6-12)5-8(9)10/h3-5,12H,6H2,1-2H3. The summed E-state index contributed by atoms with van der Waals surface area (Å²) in [5.41, 5.74) is 0.666. The van der Waals surface area contributed by atoms with E-state index in [0.717, 1.165) is 4.31 Å². The second-order valence-corrected chi connectivity index (χ2v) is 6.18. The lowest BCUT2D eigenvalue weighted by Gasteiger charge is -2.13. The summed E-state index contributed by atoms with van der Waals surface area (Å²) >= 11 is 3.18. The van der Waals surface area contributed by atoms with E-state index in [-0.39, 0.29) is 11.5 Å². The maximum Gasteiger partial charge on any atom is 0.243 e. The second kappa shape index (κ2) is 4.61. The van der Waals surface area contributed by atoms with Crippen LogP contribution in [0.15, 0.2) is 27.6 Å². The molecule has 0 radical (unpaired) electrons. The van der Waals surface area contributed by atoms with Crippen molar-refractivity contribution in [2.24, 2.45) is 0 Å². The Balaban J connectivity index is 3.29. The molecule has 1 N–H and O–H groups in total. The first-order valence-electron chi connectivity index (χ1n) is 4.21. The van der Waals surface area contributed by atoms with Crippen LogP contribution in [0.25, 0.3) is 0 Å². The Hall–Kier alpha value is -0.430. The minimum Gasteiger partial charge on any atom is -0.392 e. The molecule has 0 saturated heterocycles. The van der Waals surface area contributed by atoms with Crippen LogP contribution in [0.5, 0.6) is 0 Å². The van der Waals surface area contributed by atoms with Crippen LogP contribution in [0.3, 0.4) is 0 Å². The number of aliphatic hydroxyl groups excluding tert-OH is 1. The molecule has 1 rings (SSSR count). The van der Waals surface area contributed by atoms with Crippen molar-refractivity contribution in [2.45, 2.75) is 11.5 Å².